The van der Waals surface area contributed by atoms with E-state index < -0.39 is 0 Å². The number of thiophene rings is 1. The summed E-state index contributed by atoms with van der Waals surface area (Å²) in [4.78, 5) is 7.64. The highest BCUT2D eigenvalue weighted by atomic mass is 35.5. The molecule has 0 amide bonds. The highest BCUT2D eigenvalue weighted by Crippen LogP contribution is 2.19. The Morgan fingerprint density at radius 2 is 2.50 bits per heavy atom. The molecule has 0 aromatic carbocycles. The quantitative estimate of drug-likeness (QED) is 0.757. The fraction of sp³-hybridized carbons (Fsp3) is 0.300. The molecule has 0 unspecified atom stereocenters. The van der Waals surface area contributed by atoms with E-state index in [2.05, 4.69) is 28.3 Å². The van der Waals surface area contributed by atoms with Crippen LogP contribution in [0.4, 0.5) is 0 Å². The zero-order valence-electron chi connectivity index (χ0n) is 7.90. The Bertz CT molecular complexity index is 381. The molecule has 0 spiro atoms. The number of hydrogen-bond donors (Lipinski definition) is 0. The second-order valence-electron chi connectivity index (χ2n) is 3.24. The van der Waals surface area contributed by atoms with Crippen LogP contribution in [0.3, 0.4) is 0 Å². The van der Waals surface area contributed by atoms with Crippen LogP contribution < -0.4 is 0 Å². The standard InChI is InChI=1S/C10H11ClN2S/c1-8-2-3-14-10(8)6-13-5-9(11)4-12-7-13/h2-5H,6-7H2,1H3. The summed E-state index contributed by atoms with van der Waals surface area (Å²) < 4.78 is 0. The van der Waals surface area contributed by atoms with Gasteiger partial charge in [-0.05, 0) is 23.9 Å². The van der Waals surface area contributed by atoms with Crippen LogP contribution in [0.25, 0.3) is 0 Å². The minimum atomic E-state index is 0.699. The van der Waals surface area contributed by atoms with Crippen LogP contribution in [-0.4, -0.2) is 17.8 Å². The molecule has 1 aromatic heterocycles. The maximum Gasteiger partial charge on any atom is 0.110 e. The van der Waals surface area contributed by atoms with Crippen LogP contribution in [0.15, 0.2) is 27.7 Å². The number of halogens is 1. The first-order valence-corrected chi connectivity index (χ1v) is 5.65. The third-order valence-electron chi connectivity index (χ3n) is 2.10. The first-order valence-electron chi connectivity index (χ1n) is 4.40. The summed E-state index contributed by atoms with van der Waals surface area (Å²) in [6.07, 6.45) is 3.63. The van der Waals surface area contributed by atoms with Crippen molar-refractivity contribution in [1.82, 2.24) is 4.90 Å². The lowest BCUT2D eigenvalue weighted by molar-refractivity contribution is 0.381. The Kier molecular flexibility index (Phi) is 2.89. The summed E-state index contributed by atoms with van der Waals surface area (Å²) in [5, 5.41) is 2.81. The average molecular weight is 227 g/mol. The fourth-order valence-corrected chi connectivity index (χ4v) is 2.47. The molecule has 2 heterocycles. The summed E-state index contributed by atoms with van der Waals surface area (Å²) in [5.41, 5.74) is 1.34. The molecule has 1 aliphatic heterocycles. The number of hydrogen-bond acceptors (Lipinski definition) is 3. The Morgan fingerprint density at radius 3 is 3.14 bits per heavy atom. The van der Waals surface area contributed by atoms with Gasteiger partial charge in [-0.2, -0.15) is 0 Å². The van der Waals surface area contributed by atoms with E-state index in [1.165, 1.54) is 10.4 Å². The van der Waals surface area contributed by atoms with Crippen LogP contribution in [0.2, 0.25) is 0 Å². The van der Waals surface area contributed by atoms with E-state index in [0.717, 1.165) is 6.54 Å². The molecule has 0 fully saturated rings. The topological polar surface area (TPSA) is 15.6 Å². The molecule has 0 saturated carbocycles. The van der Waals surface area contributed by atoms with Crippen molar-refractivity contribution in [3.05, 3.63) is 33.1 Å². The van der Waals surface area contributed by atoms with Crippen molar-refractivity contribution in [3.8, 4) is 0 Å². The third-order valence-corrected chi connectivity index (χ3v) is 3.30. The van der Waals surface area contributed by atoms with Crippen molar-refractivity contribution in [2.75, 3.05) is 6.67 Å². The second kappa shape index (κ2) is 4.15. The van der Waals surface area contributed by atoms with Gasteiger partial charge in [0.25, 0.3) is 0 Å². The van der Waals surface area contributed by atoms with Gasteiger partial charge in [-0.3, -0.25) is 4.99 Å². The fourth-order valence-electron chi connectivity index (χ4n) is 1.33. The van der Waals surface area contributed by atoms with Gasteiger partial charge in [0.2, 0.25) is 0 Å². The minimum Gasteiger partial charge on any atom is -0.352 e. The molecule has 0 saturated heterocycles. The van der Waals surface area contributed by atoms with Crippen LogP contribution in [0.5, 0.6) is 0 Å². The zero-order valence-corrected chi connectivity index (χ0v) is 9.48. The van der Waals surface area contributed by atoms with Crippen molar-refractivity contribution in [2.45, 2.75) is 13.5 Å². The molecule has 0 radical (unpaired) electrons. The maximum atomic E-state index is 5.86. The molecule has 4 heteroatoms. The predicted molar refractivity (Wildman–Crippen MR) is 61.9 cm³/mol. The molecular weight excluding hydrogens is 216 g/mol. The molecule has 1 aliphatic rings. The molecule has 14 heavy (non-hydrogen) atoms. The largest absolute Gasteiger partial charge is 0.352 e. The lowest BCUT2D eigenvalue weighted by Crippen LogP contribution is -2.19. The van der Waals surface area contributed by atoms with Gasteiger partial charge in [-0.25, -0.2) is 0 Å². The molecule has 1 aromatic rings. The van der Waals surface area contributed by atoms with Crippen LogP contribution in [0.1, 0.15) is 10.4 Å². The smallest absolute Gasteiger partial charge is 0.110 e. The first kappa shape index (κ1) is 9.74. The van der Waals surface area contributed by atoms with E-state index >= 15 is 0 Å². The molecular formula is C10H11ClN2S. The molecule has 0 atom stereocenters. The molecule has 2 nitrogen and oxygen atoms in total. The van der Waals surface area contributed by atoms with Gasteiger partial charge in [-0.1, -0.05) is 11.6 Å². The van der Waals surface area contributed by atoms with E-state index in [4.69, 9.17) is 11.6 Å². The van der Waals surface area contributed by atoms with Crippen LogP contribution in [0, 0.1) is 6.92 Å². The lowest BCUT2D eigenvalue weighted by atomic mass is 10.3. The highest BCUT2D eigenvalue weighted by molar-refractivity contribution is 7.10. The Hall–Kier alpha value is -0.800. The van der Waals surface area contributed by atoms with Gasteiger partial charge < -0.3 is 4.90 Å². The van der Waals surface area contributed by atoms with E-state index in [1.807, 2.05) is 6.20 Å². The van der Waals surface area contributed by atoms with Gasteiger partial charge >= 0.3 is 0 Å². The summed E-state index contributed by atoms with van der Waals surface area (Å²) in [6, 6.07) is 2.14. The molecule has 2 rings (SSSR count). The summed E-state index contributed by atoms with van der Waals surface area (Å²) in [6.45, 7) is 3.73. The van der Waals surface area contributed by atoms with Crippen molar-refractivity contribution in [2.24, 2.45) is 4.99 Å². The summed E-state index contributed by atoms with van der Waals surface area (Å²) in [5.74, 6) is 0. The van der Waals surface area contributed by atoms with Crippen molar-refractivity contribution < 1.29 is 0 Å². The SMILES string of the molecule is Cc1ccsc1CN1C=C(Cl)C=NC1. The Balaban J connectivity index is 2.06. The van der Waals surface area contributed by atoms with Gasteiger partial charge in [0, 0.05) is 17.3 Å². The third kappa shape index (κ3) is 2.16. The lowest BCUT2D eigenvalue weighted by Gasteiger charge is -2.20. The van der Waals surface area contributed by atoms with E-state index in [0.29, 0.717) is 11.7 Å². The van der Waals surface area contributed by atoms with E-state index in [9.17, 15) is 0 Å². The van der Waals surface area contributed by atoms with Crippen molar-refractivity contribution >= 4 is 29.2 Å². The number of rotatable bonds is 2. The van der Waals surface area contributed by atoms with Crippen LogP contribution in [-0.2, 0) is 6.54 Å². The number of aryl methyl sites for hydroxylation is 1. The predicted octanol–water partition coefficient (Wildman–Crippen LogP) is 2.98. The van der Waals surface area contributed by atoms with Gasteiger partial charge in [-0.15, -0.1) is 11.3 Å². The minimum absolute atomic E-state index is 0.699. The molecule has 0 N–H and O–H groups in total. The number of nitrogens with zero attached hydrogens (tertiary/aromatic N) is 2. The molecule has 0 aliphatic carbocycles. The summed E-state index contributed by atoms with van der Waals surface area (Å²) >= 11 is 7.64. The summed E-state index contributed by atoms with van der Waals surface area (Å²) in [7, 11) is 0. The zero-order chi connectivity index (χ0) is 9.97. The number of aliphatic imine (C=N–C) groups is 1. The van der Waals surface area contributed by atoms with Gasteiger partial charge in [0.05, 0.1) is 11.6 Å². The Labute approximate surface area is 92.5 Å². The van der Waals surface area contributed by atoms with E-state index in [1.54, 1.807) is 17.6 Å². The van der Waals surface area contributed by atoms with Gasteiger partial charge in [0.15, 0.2) is 0 Å². The maximum absolute atomic E-state index is 5.86. The van der Waals surface area contributed by atoms with Gasteiger partial charge in [0.1, 0.15) is 6.67 Å². The molecule has 74 valence electrons. The van der Waals surface area contributed by atoms with Crippen LogP contribution >= 0.6 is 22.9 Å². The van der Waals surface area contributed by atoms with Crippen molar-refractivity contribution in [1.29, 1.82) is 0 Å². The first-order chi connectivity index (χ1) is 6.75. The second-order valence-corrected chi connectivity index (χ2v) is 4.68. The van der Waals surface area contributed by atoms with E-state index in [-0.39, 0.29) is 0 Å². The normalized spacial score (nSPS) is 15.9. The Morgan fingerprint density at radius 1 is 1.64 bits per heavy atom. The number of allylic oxidation sites excluding steroid dienone is 1. The monoisotopic (exact) mass is 226 g/mol. The highest BCUT2D eigenvalue weighted by Gasteiger charge is 2.07. The van der Waals surface area contributed by atoms with Crippen molar-refractivity contribution in [3.63, 3.8) is 0 Å². The average Bonchev–Trinajstić information content (AvgIpc) is 2.52. The molecule has 0 bridgehead atoms.